The van der Waals surface area contributed by atoms with E-state index in [9.17, 15) is 9.59 Å². The van der Waals surface area contributed by atoms with E-state index in [0.29, 0.717) is 49.5 Å². The zero-order valence-corrected chi connectivity index (χ0v) is 23.3. The average molecular weight is 569 g/mol. The van der Waals surface area contributed by atoms with Crippen molar-refractivity contribution in [1.82, 2.24) is 0 Å². The van der Waals surface area contributed by atoms with E-state index in [1.165, 1.54) is 23.8 Å². The van der Waals surface area contributed by atoms with Gasteiger partial charge in [-0.25, -0.2) is 0 Å². The van der Waals surface area contributed by atoms with Crippen molar-refractivity contribution in [3.63, 3.8) is 0 Å². The van der Waals surface area contributed by atoms with Gasteiger partial charge in [0, 0.05) is 5.69 Å². The van der Waals surface area contributed by atoms with Gasteiger partial charge in [-0.3, -0.25) is 14.5 Å². The van der Waals surface area contributed by atoms with Gasteiger partial charge < -0.3 is 19.5 Å². The fourth-order valence-electron chi connectivity index (χ4n) is 3.62. The Kier molecular flexibility index (Phi) is 8.93. The van der Waals surface area contributed by atoms with Crippen LogP contribution in [0.3, 0.4) is 0 Å². The highest BCUT2D eigenvalue weighted by molar-refractivity contribution is 8.27. The lowest BCUT2D eigenvalue weighted by Crippen LogP contribution is -2.27. The number of thioether (sulfide) groups is 1. The van der Waals surface area contributed by atoms with Gasteiger partial charge in [-0.2, -0.15) is 0 Å². The van der Waals surface area contributed by atoms with Crippen LogP contribution in [0.25, 0.3) is 6.08 Å². The second kappa shape index (κ2) is 12.3. The van der Waals surface area contributed by atoms with Gasteiger partial charge in [0.05, 0.1) is 29.3 Å². The summed E-state index contributed by atoms with van der Waals surface area (Å²) < 4.78 is 17.1. The van der Waals surface area contributed by atoms with Crippen LogP contribution in [0.1, 0.15) is 18.1 Å². The SMILES string of the molecule is CCOc1cc(/C=C2\SC(=S)N(c3ccc(OC)c(Cl)c3)C2=O)ccc1OCC(=O)Nc1ccc(C)cc1. The Labute approximate surface area is 235 Å². The van der Waals surface area contributed by atoms with Gasteiger partial charge in [-0.15, -0.1) is 0 Å². The van der Waals surface area contributed by atoms with E-state index < -0.39 is 0 Å². The monoisotopic (exact) mass is 568 g/mol. The van der Waals surface area contributed by atoms with Crippen LogP contribution in [0.5, 0.6) is 17.2 Å². The second-order valence-electron chi connectivity index (χ2n) is 8.18. The maximum Gasteiger partial charge on any atom is 0.270 e. The van der Waals surface area contributed by atoms with Gasteiger partial charge in [0.1, 0.15) is 5.75 Å². The number of amides is 2. The number of thiocarbonyl (C=S) groups is 1. The summed E-state index contributed by atoms with van der Waals surface area (Å²) in [7, 11) is 1.52. The molecular weight excluding hydrogens is 544 g/mol. The first-order valence-corrected chi connectivity index (χ1v) is 13.3. The smallest absolute Gasteiger partial charge is 0.270 e. The van der Waals surface area contributed by atoms with Crippen LogP contribution in [0.2, 0.25) is 5.02 Å². The predicted molar refractivity (Wildman–Crippen MR) is 157 cm³/mol. The molecule has 1 heterocycles. The molecule has 38 heavy (non-hydrogen) atoms. The van der Waals surface area contributed by atoms with E-state index in [1.807, 2.05) is 38.1 Å². The van der Waals surface area contributed by atoms with E-state index >= 15 is 0 Å². The Morgan fingerprint density at radius 2 is 1.79 bits per heavy atom. The van der Waals surface area contributed by atoms with Crippen LogP contribution in [-0.4, -0.2) is 36.5 Å². The number of nitrogens with one attached hydrogen (secondary N) is 1. The van der Waals surface area contributed by atoms with E-state index in [1.54, 1.807) is 42.5 Å². The molecule has 0 aliphatic carbocycles. The molecule has 1 aliphatic rings. The summed E-state index contributed by atoms with van der Waals surface area (Å²) in [6.45, 7) is 4.05. The molecule has 1 N–H and O–H groups in total. The molecule has 0 spiro atoms. The van der Waals surface area contributed by atoms with Crippen LogP contribution >= 0.6 is 35.6 Å². The van der Waals surface area contributed by atoms with Crippen molar-refractivity contribution in [3.05, 3.63) is 81.7 Å². The summed E-state index contributed by atoms with van der Waals surface area (Å²) in [5, 5.41) is 3.18. The zero-order valence-electron chi connectivity index (χ0n) is 20.9. The van der Waals surface area contributed by atoms with Gasteiger partial charge >= 0.3 is 0 Å². The molecule has 3 aromatic carbocycles. The fraction of sp³-hybridized carbons (Fsp3) is 0.179. The number of halogens is 1. The Morgan fingerprint density at radius 1 is 1.05 bits per heavy atom. The zero-order chi connectivity index (χ0) is 27.2. The van der Waals surface area contributed by atoms with Crippen molar-refractivity contribution < 1.29 is 23.8 Å². The minimum Gasteiger partial charge on any atom is -0.495 e. The largest absolute Gasteiger partial charge is 0.495 e. The molecule has 0 saturated carbocycles. The van der Waals surface area contributed by atoms with Gasteiger partial charge in [0.2, 0.25) is 0 Å². The number of hydrogen-bond acceptors (Lipinski definition) is 7. The van der Waals surface area contributed by atoms with E-state index in [4.69, 9.17) is 38.0 Å². The number of rotatable bonds is 9. The maximum absolute atomic E-state index is 13.2. The normalized spacial score (nSPS) is 14.1. The fourth-order valence-corrected chi connectivity index (χ4v) is 5.17. The molecule has 0 unspecified atom stereocenters. The third-order valence-corrected chi connectivity index (χ3v) is 7.04. The molecule has 0 radical (unpaired) electrons. The first kappa shape index (κ1) is 27.5. The minimum atomic E-state index is -0.289. The van der Waals surface area contributed by atoms with Crippen LogP contribution in [-0.2, 0) is 9.59 Å². The van der Waals surface area contributed by atoms with E-state index in [2.05, 4.69) is 5.32 Å². The summed E-state index contributed by atoms with van der Waals surface area (Å²) in [5.41, 5.74) is 3.08. The van der Waals surface area contributed by atoms with Crippen LogP contribution in [0, 0.1) is 6.92 Å². The molecule has 2 amide bonds. The number of carbonyl (C=O) groups is 2. The Bertz CT molecular complexity index is 1410. The van der Waals surface area contributed by atoms with Crippen LogP contribution < -0.4 is 24.4 Å². The molecule has 1 saturated heterocycles. The van der Waals surface area contributed by atoms with Gasteiger partial charge in [-0.05, 0) is 68.0 Å². The van der Waals surface area contributed by atoms with Crippen molar-refractivity contribution in [1.29, 1.82) is 0 Å². The van der Waals surface area contributed by atoms with Crippen LogP contribution in [0.4, 0.5) is 11.4 Å². The molecule has 1 aliphatic heterocycles. The van der Waals surface area contributed by atoms with Crippen molar-refractivity contribution in [2.24, 2.45) is 0 Å². The van der Waals surface area contributed by atoms with Gasteiger partial charge in [0.25, 0.3) is 11.8 Å². The first-order chi connectivity index (χ1) is 18.3. The molecule has 1 fully saturated rings. The standard InChI is InChI=1S/C28H25ClN2O5S2/c1-4-35-24-13-18(7-11-23(24)36-16-26(32)30-19-8-5-17(2)6-9-19)14-25-27(33)31(28(37)38-25)20-10-12-22(34-3)21(29)15-20/h5-15H,4,16H2,1-3H3,(H,30,32)/b25-14-. The third kappa shape index (κ3) is 6.48. The summed E-state index contributed by atoms with van der Waals surface area (Å²) in [6.07, 6.45) is 1.74. The number of methoxy groups -OCH3 is 1. The minimum absolute atomic E-state index is 0.184. The molecule has 4 rings (SSSR count). The maximum atomic E-state index is 13.2. The quantitative estimate of drug-likeness (QED) is 0.234. The summed E-state index contributed by atoms with van der Waals surface area (Å²) >= 11 is 12.9. The summed E-state index contributed by atoms with van der Waals surface area (Å²) in [6, 6.07) is 17.8. The number of carbonyl (C=O) groups excluding carboxylic acids is 2. The summed E-state index contributed by atoms with van der Waals surface area (Å²) in [5.74, 6) is 0.843. The molecular formula is C28H25ClN2O5S2. The Balaban J connectivity index is 1.48. The average Bonchev–Trinajstić information content (AvgIpc) is 3.17. The molecule has 10 heteroatoms. The highest BCUT2D eigenvalue weighted by atomic mass is 35.5. The van der Waals surface area contributed by atoms with Crippen LogP contribution in [0.15, 0.2) is 65.6 Å². The van der Waals surface area contributed by atoms with Gasteiger partial charge in [-0.1, -0.05) is 59.3 Å². The first-order valence-electron chi connectivity index (χ1n) is 11.7. The molecule has 0 atom stereocenters. The topological polar surface area (TPSA) is 77.1 Å². The molecule has 196 valence electrons. The van der Waals surface area contributed by atoms with E-state index in [0.717, 1.165) is 11.1 Å². The lowest BCUT2D eigenvalue weighted by molar-refractivity contribution is -0.118. The number of hydrogen-bond donors (Lipinski definition) is 1. The Hall–Kier alpha value is -3.53. The second-order valence-corrected chi connectivity index (χ2v) is 10.3. The Morgan fingerprint density at radius 3 is 2.47 bits per heavy atom. The molecule has 0 aromatic heterocycles. The predicted octanol–water partition coefficient (Wildman–Crippen LogP) is 6.48. The number of aryl methyl sites for hydroxylation is 1. The number of benzene rings is 3. The van der Waals surface area contributed by atoms with Gasteiger partial charge in [0.15, 0.2) is 22.4 Å². The molecule has 3 aromatic rings. The lowest BCUT2D eigenvalue weighted by Gasteiger charge is -2.15. The highest BCUT2D eigenvalue weighted by Crippen LogP contribution is 2.39. The third-order valence-electron chi connectivity index (χ3n) is 5.45. The van der Waals surface area contributed by atoms with Crippen molar-refractivity contribution >= 4 is 69.2 Å². The van der Waals surface area contributed by atoms with Crippen molar-refractivity contribution in [3.8, 4) is 17.2 Å². The number of nitrogens with zero attached hydrogens (tertiary/aromatic N) is 1. The summed E-state index contributed by atoms with van der Waals surface area (Å²) in [4.78, 5) is 27.4. The highest BCUT2D eigenvalue weighted by Gasteiger charge is 2.33. The molecule has 0 bridgehead atoms. The molecule has 7 nitrogen and oxygen atoms in total. The number of ether oxygens (including phenoxy) is 3. The van der Waals surface area contributed by atoms with Crippen molar-refractivity contribution in [2.75, 3.05) is 30.5 Å². The number of anilines is 2. The van der Waals surface area contributed by atoms with Crippen molar-refractivity contribution in [2.45, 2.75) is 13.8 Å². The lowest BCUT2D eigenvalue weighted by atomic mass is 10.1. The van der Waals surface area contributed by atoms with E-state index in [-0.39, 0.29) is 18.4 Å².